The summed E-state index contributed by atoms with van der Waals surface area (Å²) in [5.41, 5.74) is 6.26. The van der Waals surface area contributed by atoms with Crippen LogP contribution in [0.15, 0.2) is 35.4 Å². The molecular weight excluding hydrogens is 444 g/mol. The molecule has 31 heavy (non-hydrogen) atoms. The van der Waals surface area contributed by atoms with Gasteiger partial charge in [0.25, 0.3) is 5.91 Å². The van der Waals surface area contributed by atoms with E-state index in [0.29, 0.717) is 19.3 Å². The second-order valence-electron chi connectivity index (χ2n) is 7.35. The highest BCUT2D eigenvalue weighted by molar-refractivity contribution is 7.90. The van der Waals surface area contributed by atoms with Crippen LogP contribution in [0, 0.1) is 0 Å². The smallest absolute Gasteiger partial charge is 0.259 e. The first-order valence-electron chi connectivity index (χ1n) is 9.61. The summed E-state index contributed by atoms with van der Waals surface area (Å²) in [6, 6.07) is 5.63. The average molecular weight is 467 g/mol. The number of sulfone groups is 1. The maximum atomic E-state index is 13.0. The Kier molecular flexibility index (Phi) is 7.14. The van der Waals surface area contributed by atoms with Gasteiger partial charge < -0.3 is 21.1 Å². The Hall–Kier alpha value is -2.69. The second kappa shape index (κ2) is 9.63. The number of aromatic nitrogens is 1. The molecule has 1 aliphatic rings. The number of anilines is 2. The van der Waals surface area contributed by atoms with E-state index in [0.717, 1.165) is 19.1 Å². The number of ether oxygens (including phenoxy) is 1. The number of hydrogen-bond donors (Lipinski definition) is 3. The van der Waals surface area contributed by atoms with Crippen LogP contribution in [0.2, 0.25) is 5.02 Å². The van der Waals surface area contributed by atoms with E-state index in [-0.39, 0.29) is 44.9 Å². The predicted molar refractivity (Wildman–Crippen MR) is 117 cm³/mol. The van der Waals surface area contributed by atoms with Gasteiger partial charge in [0.1, 0.15) is 5.75 Å². The highest BCUT2D eigenvalue weighted by Gasteiger charge is 2.24. The first kappa shape index (κ1) is 23.0. The minimum atomic E-state index is -3.50. The Labute approximate surface area is 185 Å². The molecule has 0 unspecified atom stereocenters. The number of carbonyl (C=O) groups is 2. The fourth-order valence-corrected chi connectivity index (χ4v) is 4.09. The molecule has 1 aromatic heterocycles. The van der Waals surface area contributed by atoms with Crippen molar-refractivity contribution < 1.29 is 22.7 Å². The lowest BCUT2D eigenvalue weighted by atomic mass is 9.93. The Morgan fingerprint density at radius 3 is 2.61 bits per heavy atom. The molecule has 1 saturated carbocycles. The van der Waals surface area contributed by atoms with Gasteiger partial charge in [-0.3, -0.25) is 9.59 Å². The summed E-state index contributed by atoms with van der Waals surface area (Å²) < 4.78 is 30.1. The molecule has 4 N–H and O–H groups in total. The largest absolute Gasteiger partial charge is 0.490 e. The number of rotatable bonds is 7. The van der Waals surface area contributed by atoms with Gasteiger partial charge >= 0.3 is 0 Å². The van der Waals surface area contributed by atoms with Crippen LogP contribution < -0.4 is 21.1 Å². The predicted octanol–water partition coefficient (Wildman–Crippen LogP) is 2.61. The Morgan fingerprint density at radius 2 is 1.97 bits per heavy atom. The van der Waals surface area contributed by atoms with Crippen LogP contribution in [-0.2, 0) is 14.6 Å². The van der Waals surface area contributed by atoms with Crippen LogP contribution in [0.5, 0.6) is 5.75 Å². The number of amides is 2. The van der Waals surface area contributed by atoms with Crippen molar-refractivity contribution in [3.63, 3.8) is 0 Å². The van der Waals surface area contributed by atoms with E-state index in [9.17, 15) is 18.0 Å². The number of benzene rings is 1. The zero-order valence-electron chi connectivity index (χ0n) is 16.8. The van der Waals surface area contributed by atoms with Gasteiger partial charge in [0.05, 0.1) is 27.3 Å². The molecule has 2 aromatic rings. The highest BCUT2D eigenvalue weighted by atomic mass is 35.5. The molecule has 0 saturated heterocycles. The molecule has 0 atom stereocenters. The third kappa shape index (κ3) is 5.93. The van der Waals surface area contributed by atoms with Gasteiger partial charge in [-0.15, -0.1) is 0 Å². The summed E-state index contributed by atoms with van der Waals surface area (Å²) >= 11 is 5.96. The normalized spacial score (nSPS) is 18.8. The van der Waals surface area contributed by atoms with E-state index in [1.807, 2.05) is 0 Å². The topological polar surface area (TPSA) is 140 Å². The molecule has 1 heterocycles. The van der Waals surface area contributed by atoms with Gasteiger partial charge in [-0.05, 0) is 49.9 Å². The van der Waals surface area contributed by atoms with Gasteiger partial charge in [-0.1, -0.05) is 11.6 Å². The van der Waals surface area contributed by atoms with E-state index < -0.39 is 15.7 Å². The first-order chi connectivity index (χ1) is 14.7. The quantitative estimate of drug-likeness (QED) is 0.532. The maximum absolute atomic E-state index is 13.0. The third-order valence-corrected chi connectivity index (χ3v) is 6.25. The summed E-state index contributed by atoms with van der Waals surface area (Å²) in [7, 11) is -3.50. The summed E-state index contributed by atoms with van der Waals surface area (Å²) in [6.45, 7) is 0. The Balaban J connectivity index is 1.93. The first-order valence-corrected chi connectivity index (χ1v) is 11.9. The fraction of sp³-hybridized carbons (Fsp3) is 0.350. The maximum Gasteiger partial charge on any atom is 0.259 e. The highest BCUT2D eigenvalue weighted by Crippen LogP contribution is 2.30. The van der Waals surface area contributed by atoms with Gasteiger partial charge in [0.2, 0.25) is 6.41 Å². The molecule has 1 aromatic carbocycles. The van der Waals surface area contributed by atoms with E-state index in [2.05, 4.69) is 15.6 Å². The molecule has 9 nitrogen and oxygen atoms in total. The lowest BCUT2D eigenvalue weighted by Crippen LogP contribution is -2.32. The molecule has 0 radical (unpaired) electrons. The van der Waals surface area contributed by atoms with Crippen molar-refractivity contribution in [3.8, 4) is 5.75 Å². The molecule has 3 rings (SSSR count). The molecular formula is C20H23ClN4O5S. The molecule has 1 fully saturated rings. The number of pyridine rings is 1. The lowest BCUT2D eigenvalue weighted by molar-refractivity contribution is -0.105. The van der Waals surface area contributed by atoms with Crippen LogP contribution in [0.1, 0.15) is 36.0 Å². The van der Waals surface area contributed by atoms with E-state index >= 15 is 0 Å². The lowest BCUT2D eigenvalue weighted by Gasteiger charge is -2.27. The summed E-state index contributed by atoms with van der Waals surface area (Å²) in [6.07, 6.45) is 5.64. The zero-order chi connectivity index (χ0) is 22.6. The molecule has 2 amide bonds. The average Bonchev–Trinajstić information content (AvgIpc) is 2.71. The number of hydrogen-bond acceptors (Lipinski definition) is 7. The van der Waals surface area contributed by atoms with Crippen LogP contribution in [-0.4, -0.2) is 44.1 Å². The van der Waals surface area contributed by atoms with Crippen molar-refractivity contribution in [2.45, 2.75) is 42.7 Å². The molecule has 0 bridgehead atoms. The van der Waals surface area contributed by atoms with Crippen LogP contribution in [0.25, 0.3) is 0 Å². The van der Waals surface area contributed by atoms with Crippen molar-refractivity contribution in [3.05, 3.63) is 41.0 Å². The zero-order valence-corrected chi connectivity index (χ0v) is 18.4. The minimum absolute atomic E-state index is 0.0410. The van der Waals surface area contributed by atoms with Crippen molar-refractivity contribution in [1.82, 2.24) is 4.98 Å². The number of nitrogens with zero attached hydrogens (tertiary/aromatic N) is 1. The fourth-order valence-electron chi connectivity index (χ4n) is 3.30. The monoisotopic (exact) mass is 466 g/mol. The van der Waals surface area contributed by atoms with E-state index in [1.54, 1.807) is 0 Å². The van der Waals surface area contributed by atoms with Crippen LogP contribution in [0.4, 0.5) is 11.5 Å². The standard InChI is InChI=1S/C20H23ClN4O5S/c1-31(28,29)15-6-7-16(18(9-15)30-14-4-2-13(22)3-5-14)20(27)25-17-8-12(21)10-23-19(17)24-11-26/h6-11,13-14H,2-5,22H2,1H3,(H,25,27)(H,23,24,26)/t13-,14+. The van der Waals surface area contributed by atoms with Crippen LogP contribution >= 0.6 is 11.6 Å². The van der Waals surface area contributed by atoms with Gasteiger partial charge in [0.15, 0.2) is 15.7 Å². The van der Waals surface area contributed by atoms with Gasteiger partial charge in [-0.25, -0.2) is 13.4 Å². The van der Waals surface area contributed by atoms with Crippen molar-refractivity contribution >= 4 is 45.3 Å². The Bertz CT molecular complexity index is 1080. The third-order valence-electron chi connectivity index (χ3n) is 4.94. The van der Waals surface area contributed by atoms with Gasteiger partial charge in [0, 0.05) is 18.5 Å². The molecule has 166 valence electrons. The van der Waals surface area contributed by atoms with Crippen LogP contribution in [0.3, 0.4) is 0 Å². The Morgan fingerprint density at radius 1 is 1.26 bits per heavy atom. The molecule has 0 spiro atoms. The van der Waals surface area contributed by atoms with Crippen molar-refractivity contribution in [1.29, 1.82) is 0 Å². The summed E-state index contributed by atoms with van der Waals surface area (Å²) in [5.74, 6) is -0.300. The minimum Gasteiger partial charge on any atom is -0.490 e. The number of nitrogens with one attached hydrogen (secondary N) is 2. The molecule has 1 aliphatic carbocycles. The summed E-state index contributed by atoms with van der Waals surface area (Å²) in [5, 5.41) is 5.28. The van der Waals surface area contributed by atoms with E-state index in [1.165, 1.54) is 30.5 Å². The SMILES string of the molecule is CS(=O)(=O)c1ccc(C(=O)Nc2cc(Cl)cnc2NC=O)c(O[C@H]2CC[C@@H](N)CC2)c1. The van der Waals surface area contributed by atoms with Crippen molar-refractivity contribution in [2.75, 3.05) is 16.9 Å². The number of nitrogens with two attached hydrogens (primary N) is 1. The molecule has 11 heteroatoms. The second-order valence-corrected chi connectivity index (χ2v) is 9.80. The summed E-state index contributed by atoms with van der Waals surface area (Å²) in [4.78, 5) is 27.8. The van der Waals surface area contributed by atoms with Gasteiger partial charge in [-0.2, -0.15) is 0 Å². The van der Waals surface area contributed by atoms with Crippen molar-refractivity contribution in [2.24, 2.45) is 5.73 Å². The van der Waals surface area contributed by atoms with E-state index in [4.69, 9.17) is 22.1 Å². The number of halogens is 1. The molecule has 0 aliphatic heterocycles. The number of carbonyl (C=O) groups excluding carboxylic acids is 2.